The molecule has 1 aromatic carbocycles. The SMILES string of the molecule is O=[N+]([O-])c1ccc(S(=O)(=O)NCCN2CCOCC2)cc1F. The van der Waals surface area contributed by atoms with E-state index in [0.717, 1.165) is 25.2 Å². The lowest BCUT2D eigenvalue weighted by Crippen LogP contribution is -2.41. The van der Waals surface area contributed by atoms with Gasteiger partial charge in [-0.25, -0.2) is 13.1 Å². The van der Waals surface area contributed by atoms with Crippen LogP contribution in [0.25, 0.3) is 0 Å². The zero-order valence-electron chi connectivity index (χ0n) is 11.7. The lowest BCUT2D eigenvalue weighted by molar-refractivity contribution is -0.387. The van der Waals surface area contributed by atoms with Gasteiger partial charge in [-0.2, -0.15) is 4.39 Å². The van der Waals surface area contributed by atoms with E-state index in [0.29, 0.717) is 25.8 Å². The number of morpholine rings is 1. The topological polar surface area (TPSA) is 102 Å². The van der Waals surface area contributed by atoms with Crippen molar-refractivity contribution in [3.8, 4) is 0 Å². The van der Waals surface area contributed by atoms with Crippen molar-refractivity contribution in [2.75, 3.05) is 39.4 Å². The molecular formula is C12H16FN3O5S. The van der Waals surface area contributed by atoms with Crippen LogP contribution in [0.4, 0.5) is 10.1 Å². The van der Waals surface area contributed by atoms with E-state index in [9.17, 15) is 22.9 Å². The first-order valence-corrected chi connectivity index (χ1v) is 8.12. The van der Waals surface area contributed by atoms with Crippen LogP contribution in [0.3, 0.4) is 0 Å². The maximum absolute atomic E-state index is 13.5. The Morgan fingerprint density at radius 3 is 2.64 bits per heavy atom. The normalized spacial score (nSPS) is 16.6. The summed E-state index contributed by atoms with van der Waals surface area (Å²) in [5.41, 5.74) is -0.757. The molecule has 1 aromatic rings. The molecule has 0 unspecified atom stereocenters. The summed E-state index contributed by atoms with van der Waals surface area (Å²) in [6.07, 6.45) is 0. The summed E-state index contributed by atoms with van der Waals surface area (Å²) in [5.74, 6) is -1.18. The molecule has 1 aliphatic heterocycles. The van der Waals surface area contributed by atoms with Crippen LogP contribution in [-0.4, -0.2) is 57.6 Å². The Morgan fingerprint density at radius 2 is 2.05 bits per heavy atom. The largest absolute Gasteiger partial charge is 0.379 e. The van der Waals surface area contributed by atoms with E-state index >= 15 is 0 Å². The highest BCUT2D eigenvalue weighted by atomic mass is 32.2. The van der Waals surface area contributed by atoms with Crippen LogP contribution >= 0.6 is 0 Å². The molecule has 0 aromatic heterocycles. The molecule has 122 valence electrons. The van der Waals surface area contributed by atoms with Gasteiger partial charge in [-0.3, -0.25) is 15.0 Å². The minimum atomic E-state index is -3.90. The molecule has 0 bridgehead atoms. The van der Waals surface area contributed by atoms with Gasteiger partial charge in [-0.1, -0.05) is 0 Å². The second-order valence-corrected chi connectivity index (χ2v) is 6.49. The standard InChI is InChI=1S/C12H16FN3O5S/c13-11-9-10(1-2-12(11)16(17)18)22(19,20)14-3-4-15-5-7-21-8-6-15/h1-2,9,14H,3-8H2. The summed E-state index contributed by atoms with van der Waals surface area (Å²) in [5, 5.41) is 10.5. The number of nitrogens with zero attached hydrogens (tertiary/aromatic N) is 2. The summed E-state index contributed by atoms with van der Waals surface area (Å²) in [6.45, 7) is 3.36. The molecule has 0 radical (unpaired) electrons. The van der Waals surface area contributed by atoms with Gasteiger partial charge in [0.05, 0.1) is 23.0 Å². The number of nitrogens with one attached hydrogen (secondary N) is 1. The fraction of sp³-hybridized carbons (Fsp3) is 0.500. The monoisotopic (exact) mass is 333 g/mol. The number of rotatable bonds is 6. The molecular weight excluding hydrogens is 317 g/mol. The smallest absolute Gasteiger partial charge is 0.304 e. The Kier molecular flexibility index (Phi) is 5.40. The van der Waals surface area contributed by atoms with Crippen LogP contribution in [0.5, 0.6) is 0 Å². The minimum Gasteiger partial charge on any atom is -0.379 e. The first-order chi connectivity index (χ1) is 10.4. The van der Waals surface area contributed by atoms with Gasteiger partial charge in [0, 0.05) is 38.3 Å². The molecule has 10 heteroatoms. The van der Waals surface area contributed by atoms with Crippen molar-refractivity contribution in [1.82, 2.24) is 9.62 Å². The molecule has 0 amide bonds. The van der Waals surface area contributed by atoms with Crippen molar-refractivity contribution in [2.24, 2.45) is 0 Å². The van der Waals surface area contributed by atoms with Gasteiger partial charge in [-0.15, -0.1) is 0 Å². The summed E-state index contributed by atoms with van der Waals surface area (Å²) in [6, 6.07) is 2.50. The predicted octanol–water partition coefficient (Wildman–Crippen LogP) is 0.344. The molecule has 1 saturated heterocycles. The van der Waals surface area contributed by atoms with Crippen molar-refractivity contribution in [1.29, 1.82) is 0 Å². The summed E-state index contributed by atoms with van der Waals surface area (Å²) >= 11 is 0. The Bertz CT molecular complexity index is 646. The van der Waals surface area contributed by atoms with Gasteiger partial charge >= 0.3 is 5.69 Å². The maximum atomic E-state index is 13.5. The Balaban J connectivity index is 1.97. The average Bonchev–Trinajstić information content (AvgIpc) is 2.47. The second kappa shape index (κ2) is 7.09. The van der Waals surface area contributed by atoms with E-state index in [-0.39, 0.29) is 11.4 Å². The fourth-order valence-electron chi connectivity index (χ4n) is 2.05. The number of hydrogen-bond acceptors (Lipinski definition) is 6. The van der Waals surface area contributed by atoms with Crippen LogP contribution in [0, 0.1) is 15.9 Å². The lowest BCUT2D eigenvalue weighted by atomic mass is 10.3. The number of ether oxygens (including phenoxy) is 1. The van der Waals surface area contributed by atoms with Crippen LogP contribution in [0.2, 0.25) is 0 Å². The van der Waals surface area contributed by atoms with Gasteiger partial charge < -0.3 is 4.74 Å². The van der Waals surface area contributed by atoms with E-state index in [4.69, 9.17) is 4.74 Å². The molecule has 2 rings (SSSR count). The molecule has 22 heavy (non-hydrogen) atoms. The molecule has 1 N–H and O–H groups in total. The van der Waals surface area contributed by atoms with Crippen molar-refractivity contribution in [3.63, 3.8) is 0 Å². The molecule has 0 atom stereocenters. The van der Waals surface area contributed by atoms with Gasteiger partial charge in [0.25, 0.3) is 0 Å². The first kappa shape index (κ1) is 16.7. The minimum absolute atomic E-state index is 0.168. The highest BCUT2D eigenvalue weighted by molar-refractivity contribution is 7.89. The fourth-order valence-corrected chi connectivity index (χ4v) is 3.08. The van der Waals surface area contributed by atoms with Gasteiger partial charge in [-0.05, 0) is 6.07 Å². The Morgan fingerprint density at radius 1 is 1.36 bits per heavy atom. The third-order valence-corrected chi connectivity index (χ3v) is 4.71. The summed E-state index contributed by atoms with van der Waals surface area (Å²) in [4.78, 5) is 11.3. The highest BCUT2D eigenvalue weighted by Gasteiger charge is 2.20. The quantitative estimate of drug-likeness (QED) is 0.595. The Labute approximate surface area is 127 Å². The summed E-state index contributed by atoms with van der Waals surface area (Å²) < 4.78 is 45.1. The number of sulfonamides is 1. The third-order valence-electron chi connectivity index (χ3n) is 3.25. The van der Waals surface area contributed by atoms with E-state index < -0.39 is 26.5 Å². The molecule has 0 aliphatic carbocycles. The number of hydrogen-bond donors (Lipinski definition) is 1. The second-order valence-electron chi connectivity index (χ2n) is 4.72. The van der Waals surface area contributed by atoms with Gasteiger partial charge in [0.2, 0.25) is 15.8 Å². The molecule has 1 fully saturated rings. The number of nitro groups is 1. The van der Waals surface area contributed by atoms with Crippen molar-refractivity contribution >= 4 is 15.7 Å². The predicted molar refractivity (Wildman–Crippen MR) is 75.5 cm³/mol. The number of nitro benzene ring substituents is 1. The molecule has 0 spiro atoms. The highest BCUT2D eigenvalue weighted by Crippen LogP contribution is 2.20. The average molecular weight is 333 g/mol. The van der Waals surface area contributed by atoms with Crippen molar-refractivity contribution in [2.45, 2.75) is 4.90 Å². The van der Waals surface area contributed by atoms with Crippen LogP contribution < -0.4 is 4.72 Å². The number of halogens is 1. The lowest BCUT2D eigenvalue weighted by Gasteiger charge is -2.26. The summed E-state index contributed by atoms with van der Waals surface area (Å²) in [7, 11) is -3.90. The molecule has 0 saturated carbocycles. The van der Waals surface area contributed by atoms with Crippen LogP contribution in [-0.2, 0) is 14.8 Å². The Hall–Kier alpha value is -1.62. The zero-order chi connectivity index (χ0) is 16.2. The van der Waals surface area contributed by atoms with E-state index in [1.807, 2.05) is 4.90 Å². The van der Waals surface area contributed by atoms with E-state index in [1.54, 1.807) is 0 Å². The maximum Gasteiger partial charge on any atom is 0.304 e. The van der Waals surface area contributed by atoms with E-state index in [1.165, 1.54) is 0 Å². The zero-order valence-corrected chi connectivity index (χ0v) is 12.5. The van der Waals surface area contributed by atoms with Crippen LogP contribution in [0.1, 0.15) is 0 Å². The molecule has 1 aliphatic rings. The third kappa shape index (κ3) is 4.19. The molecule has 8 nitrogen and oxygen atoms in total. The van der Waals surface area contributed by atoms with Crippen molar-refractivity contribution < 1.29 is 22.5 Å². The van der Waals surface area contributed by atoms with Crippen molar-refractivity contribution in [3.05, 3.63) is 34.1 Å². The van der Waals surface area contributed by atoms with Crippen LogP contribution in [0.15, 0.2) is 23.1 Å². The molecule has 1 heterocycles. The number of benzene rings is 1. The van der Waals surface area contributed by atoms with Gasteiger partial charge in [0.15, 0.2) is 0 Å². The first-order valence-electron chi connectivity index (χ1n) is 6.64. The van der Waals surface area contributed by atoms with Gasteiger partial charge in [0.1, 0.15) is 0 Å². The van der Waals surface area contributed by atoms with E-state index in [2.05, 4.69) is 4.72 Å².